The van der Waals surface area contributed by atoms with Crippen LogP contribution in [-0.4, -0.2) is 70.7 Å². The number of rotatable bonds is 11. The molecule has 0 aliphatic heterocycles. The van der Waals surface area contributed by atoms with E-state index in [4.69, 9.17) is 11.6 Å². The summed E-state index contributed by atoms with van der Waals surface area (Å²) in [5, 5.41) is 9.06. The van der Waals surface area contributed by atoms with Crippen molar-refractivity contribution in [1.82, 2.24) is 29.9 Å². The zero-order chi connectivity index (χ0) is 48.1. The first-order valence-corrected chi connectivity index (χ1v) is 23.2. The number of nitrogens with zero attached hydrogens (tertiary/aromatic N) is 5. The zero-order valence-electron chi connectivity index (χ0n) is 34.2. The maximum absolute atomic E-state index is 15.7. The molecular weight excluding hydrogens is 948 g/mol. The Morgan fingerprint density at radius 3 is 2.15 bits per heavy atom. The summed E-state index contributed by atoms with van der Waals surface area (Å²) in [6.45, 7) is 0.804. The topological polar surface area (TPSA) is 158 Å². The van der Waals surface area contributed by atoms with E-state index in [9.17, 15) is 56.8 Å². The molecule has 2 aliphatic rings. The van der Waals surface area contributed by atoms with Gasteiger partial charge in [-0.2, -0.15) is 45.3 Å². The summed E-state index contributed by atoms with van der Waals surface area (Å²) in [6.07, 6.45) is -9.23. The number of pyridine rings is 1. The number of fused-ring (bicyclic) bond motifs is 4. The number of benzene rings is 2. The number of sulfonamides is 1. The normalized spacial score (nSPS) is 18.7. The molecule has 25 heteroatoms. The minimum absolute atomic E-state index is 0.196. The molecule has 0 bridgehead atoms. The SMILES string of the molecule is C[C@@H]1C2c3c(C(F)(F)F)nn(CC(=O)N[C@@H](Cc4cc(F)cc(F)c4)c4nc(C#CC(C)(C)S(C)(=O)=O)ccc4-c4ccc(Cl)c5c(NS(C)(=O)=O)nn(CC(F)(F)F)c45)c3C(F)(F)[C@@H]21. The molecule has 348 valence electrons. The summed E-state index contributed by atoms with van der Waals surface area (Å²) in [5.74, 6) is -6.34. The quantitative estimate of drug-likeness (QED) is 0.0999. The van der Waals surface area contributed by atoms with Crippen LogP contribution in [0.4, 0.5) is 49.7 Å². The third kappa shape index (κ3) is 9.36. The average molecular weight is 982 g/mol. The highest BCUT2D eigenvalue weighted by atomic mass is 35.5. The lowest BCUT2D eigenvalue weighted by molar-refractivity contribution is -0.143. The molecule has 1 unspecified atom stereocenters. The predicted molar refractivity (Wildman–Crippen MR) is 216 cm³/mol. The Morgan fingerprint density at radius 1 is 0.938 bits per heavy atom. The largest absolute Gasteiger partial charge is 0.435 e. The Hall–Kier alpha value is -5.41. The predicted octanol–water partition coefficient (Wildman–Crippen LogP) is 7.91. The maximum Gasteiger partial charge on any atom is 0.435 e. The van der Waals surface area contributed by atoms with Crippen molar-refractivity contribution in [1.29, 1.82) is 0 Å². The fourth-order valence-electron chi connectivity index (χ4n) is 8.02. The maximum atomic E-state index is 15.7. The van der Waals surface area contributed by atoms with Crippen LogP contribution in [0.15, 0.2) is 42.5 Å². The van der Waals surface area contributed by atoms with Crippen molar-refractivity contribution >= 4 is 54.1 Å². The van der Waals surface area contributed by atoms with Crippen molar-refractivity contribution in [3.63, 3.8) is 0 Å². The van der Waals surface area contributed by atoms with Gasteiger partial charge in [0.25, 0.3) is 5.92 Å². The Labute approximate surface area is 368 Å². The van der Waals surface area contributed by atoms with Gasteiger partial charge < -0.3 is 5.32 Å². The van der Waals surface area contributed by atoms with Gasteiger partial charge in [-0.1, -0.05) is 30.5 Å². The van der Waals surface area contributed by atoms with Gasteiger partial charge in [0.15, 0.2) is 21.3 Å². The molecule has 1 fully saturated rings. The lowest BCUT2D eigenvalue weighted by Gasteiger charge is -2.23. The first-order valence-electron chi connectivity index (χ1n) is 19.1. The van der Waals surface area contributed by atoms with Crippen molar-refractivity contribution in [3.05, 3.63) is 93.0 Å². The minimum atomic E-state index is -5.20. The fourth-order valence-corrected chi connectivity index (χ4v) is 8.99. The van der Waals surface area contributed by atoms with Crippen molar-refractivity contribution < 1.29 is 65.5 Å². The third-order valence-corrected chi connectivity index (χ3v) is 13.9. The van der Waals surface area contributed by atoms with Crippen LogP contribution in [0.25, 0.3) is 22.0 Å². The number of halogens is 11. The van der Waals surface area contributed by atoms with Crippen LogP contribution in [0.5, 0.6) is 0 Å². The molecule has 12 nitrogen and oxygen atoms in total. The summed E-state index contributed by atoms with van der Waals surface area (Å²) in [7, 11) is -8.07. The second-order valence-corrected chi connectivity index (χ2v) is 21.1. The molecule has 1 amide bonds. The van der Waals surface area contributed by atoms with E-state index in [1.165, 1.54) is 39.0 Å². The lowest BCUT2D eigenvalue weighted by atomic mass is 9.93. The standard InChI is InChI=1S/C40H34ClF10N7O5S2/c1-18-28-30-34(40(49,50)51)54-57(35(30)39(47,48)31(18)28)16-27(59)53-26(14-19-12-20(42)15-21(43)13-19)32-23(7-6-22(52-32)10-11-37(2,3)64(4,60)61)24-8-9-25(41)29-33(24)58(17-38(44,45)46)55-36(29)56-65(5,62)63/h6-9,12-13,15,18,26,28,31H,14,16-17H2,1-5H3,(H,53,59)(H,55,56)/t18-,26+,28?,31-/m1/s1. The van der Waals surface area contributed by atoms with Gasteiger partial charge in [0, 0.05) is 40.8 Å². The van der Waals surface area contributed by atoms with Crippen LogP contribution in [0, 0.1) is 35.3 Å². The van der Waals surface area contributed by atoms with E-state index in [1.54, 1.807) is 0 Å². The molecule has 0 saturated heterocycles. The summed E-state index contributed by atoms with van der Waals surface area (Å²) in [4.78, 5) is 18.6. The van der Waals surface area contributed by atoms with Gasteiger partial charge in [-0.3, -0.25) is 18.9 Å². The van der Waals surface area contributed by atoms with E-state index < -0.39 is 132 Å². The van der Waals surface area contributed by atoms with Crippen molar-refractivity contribution in [2.45, 2.75) is 75.3 Å². The molecule has 2 aliphatic carbocycles. The van der Waals surface area contributed by atoms with Crippen LogP contribution < -0.4 is 10.0 Å². The number of hydrogen-bond acceptors (Lipinski definition) is 8. The minimum Gasteiger partial charge on any atom is -0.346 e. The molecule has 3 heterocycles. The second-order valence-electron chi connectivity index (χ2n) is 16.4. The molecular formula is C40H34ClF10N7O5S2. The fraction of sp³-hybridized carbons (Fsp3) is 0.400. The Kier molecular flexibility index (Phi) is 11.6. The summed E-state index contributed by atoms with van der Waals surface area (Å²) in [6, 6.07) is 5.24. The van der Waals surface area contributed by atoms with Crippen LogP contribution in [0.1, 0.15) is 66.6 Å². The number of sulfone groups is 1. The van der Waals surface area contributed by atoms with E-state index in [-0.39, 0.29) is 43.2 Å². The van der Waals surface area contributed by atoms with Gasteiger partial charge in [0.05, 0.1) is 33.9 Å². The van der Waals surface area contributed by atoms with Gasteiger partial charge in [-0.05, 0) is 68.0 Å². The Bertz CT molecular complexity index is 3070. The number of anilines is 1. The highest BCUT2D eigenvalue weighted by Gasteiger charge is 2.72. The number of carbonyl (C=O) groups excluding carboxylic acids is 1. The van der Waals surface area contributed by atoms with Crippen LogP contribution >= 0.6 is 11.6 Å². The second kappa shape index (κ2) is 15.9. The molecule has 1 saturated carbocycles. The van der Waals surface area contributed by atoms with Gasteiger partial charge in [-0.15, -0.1) is 0 Å². The van der Waals surface area contributed by atoms with Crippen molar-refractivity contribution in [2.75, 3.05) is 17.2 Å². The highest BCUT2D eigenvalue weighted by Crippen LogP contribution is 2.71. The van der Waals surface area contributed by atoms with Gasteiger partial charge >= 0.3 is 12.4 Å². The molecule has 2 N–H and O–H groups in total. The monoisotopic (exact) mass is 981 g/mol. The Morgan fingerprint density at radius 2 is 1.57 bits per heavy atom. The number of nitrogens with one attached hydrogen (secondary N) is 2. The molecule has 3 aromatic heterocycles. The summed E-state index contributed by atoms with van der Waals surface area (Å²) >= 11 is 6.46. The molecule has 5 aromatic rings. The Balaban J connectivity index is 1.45. The average Bonchev–Trinajstić information content (AvgIpc) is 3.36. The zero-order valence-corrected chi connectivity index (χ0v) is 36.6. The number of amides is 1. The van der Waals surface area contributed by atoms with E-state index in [1.807, 2.05) is 4.72 Å². The van der Waals surface area contributed by atoms with Crippen LogP contribution in [0.2, 0.25) is 5.02 Å². The van der Waals surface area contributed by atoms with E-state index in [2.05, 4.69) is 32.3 Å². The van der Waals surface area contributed by atoms with Crippen molar-refractivity contribution in [2.24, 2.45) is 11.8 Å². The summed E-state index contributed by atoms with van der Waals surface area (Å²) < 4.78 is 196. The number of carbonyl (C=O) groups is 1. The molecule has 7 rings (SSSR count). The van der Waals surface area contributed by atoms with Crippen molar-refractivity contribution in [3.8, 4) is 23.0 Å². The van der Waals surface area contributed by atoms with Gasteiger partial charge in [0.2, 0.25) is 15.9 Å². The summed E-state index contributed by atoms with van der Waals surface area (Å²) in [5.41, 5.74) is -5.18. The first-order chi connectivity index (χ1) is 29.8. The third-order valence-electron chi connectivity index (χ3n) is 11.1. The van der Waals surface area contributed by atoms with Gasteiger partial charge in [0.1, 0.15) is 40.9 Å². The lowest BCUT2D eigenvalue weighted by Crippen LogP contribution is -2.35. The van der Waals surface area contributed by atoms with Crippen LogP contribution in [-0.2, 0) is 56.3 Å². The first kappa shape index (κ1) is 47.5. The van der Waals surface area contributed by atoms with Gasteiger partial charge in [-0.25, -0.2) is 30.6 Å². The van der Waals surface area contributed by atoms with E-state index in [0.717, 1.165) is 24.5 Å². The molecule has 0 spiro atoms. The molecule has 2 aromatic carbocycles. The smallest absolute Gasteiger partial charge is 0.346 e. The highest BCUT2D eigenvalue weighted by molar-refractivity contribution is 7.92. The number of alkyl halides is 8. The number of aromatic nitrogens is 5. The molecule has 0 radical (unpaired) electrons. The van der Waals surface area contributed by atoms with E-state index >= 15 is 8.78 Å². The van der Waals surface area contributed by atoms with Crippen LogP contribution in [0.3, 0.4) is 0 Å². The van der Waals surface area contributed by atoms with E-state index in [0.29, 0.717) is 17.0 Å². The molecule has 65 heavy (non-hydrogen) atoms. The number of hydrogen-bond donors (Lipinski definition) is 2. The molecule has 4 atom stereocenters.